The molecule has 0 bridgehead atoms. The summed E-state index contributed by atoms with van der Waals surface area (Å²) in [5.74, 6) is 2.79. The third kappa shape index (κ3) is 1.35. The fourth-order valence-corrected chi connectivity index (χ4v) is 3.38. The van der Waals surface area contributed by atoms with E-state index < -0.39 is 0 Å². The van der Waals surface area contributed by atoms with Crippen molar-refractivity contribution < 1.29 is 0 Å². The van der Waals surface area contributed by atoms with Gasteiger partial charge in [-0.25, -0.2) is 0 Å². The molecule has 74 valence electrons. The normalized spacial score (nSPS) is 43.3. The van der Waals surface area contributed by atoms with Crippen LogP contribution in [-0.2, 0) is 0 Å². The van der Waals surface area contributed by atoms with Gasteiger partial charge in [0.25, 0.3) is 0 Å². The fraction of sp³-hybridized carbons (Fsp3) is 0.846. The van der Waals surface area contributed by atoms with Gasteiger partial charge in [-0.3, -0.25) is 0 Å². The van der Waals surface area contributed by atoms with Crippen LogP contribution in [0.1, 0.15) is 46.5 Å². The first kappa shape index (κ1) is 9.30. The van der Waals surface area contributed by atoms with Crippen LogP contribution < -0.4 is 0 Å². The zero-order chi connectivity index (χ0) is 9.64. The van der Waals surface area contributed by atoms with Gasteiger partial charge in [-0.15, -0.1) is 0 Å². The SMILES string of the molecule is C=C1C2CCC(C)C2CCC1(C)C. The van der Waals surface area contributed by atoms with Crippen LogP contribution in [0.5, 0.6) is 0 Å². The summed E-state index contributed by atoms with van der Waals surface area (Å²) in [5, 5.41) is 0. The topological polar surface area (TPSA) is 0 Å². The van der Waals surface area contributed by atoms with Crippen molar-refractivity contribution >= 4 is 0 Å². The summed E-state index contributed by atoms with van der Waals surface area (Å²) in [5.41, 5.74) is 1.97. The first-order valence-corrected chi connectivity index (χ1v) is 5.71. The zero-order valence-corrected chi connectivity index (χ0v) is 9.27. The first-order valence-electron chi connectivity index (χ1n) is 5.71. The van der Waals surface area contributed by atoms with Gasteiger partial charge in [0.15, 0.2) is 0 Å². The molecule has 0 heteroatoms. The van der Waals surface area contributed by atoms with Gasteiger partial charge in [0.05, 0.1) is 0 Å². The third-order valence-corrected chi connectivity index (χ3v) is 4.60. The van der Waals surface area contributed by atoms with Crippen molar-refractivity contribution in [2.24, 2.45) is 23.2 Å². The van der Waals surface area contributed by atoms with Crippen molar-refractivity contribution in [3.8, 4) is 0 Å². The number of rotatable bonds is 0. The number of fused-ring (bicyclic) bond motifs is 1. The Kier molecular flexibility index (Phi) is 2.05. The average molecular weight is 178 g/mol. The molecule has 0 amide bonds. The number of hydrogen-bond acceptors (Lipinski definition) is 0. The summed E-state index contributed by atoms with van der Waals surface area (Å²) in [6.07, 6.45) is 5.65. The molecule has 0 nitrogen and oxygen atoms in total. The maximum atomic E-state index is 4.34. The Morgan fingerprint density at radius 1 is 1.23 bits per heavy atom. The van der Waals surface area contributed by atoms with Gasteiger partial charge in [-0.1, -0.05) is 32.9 Å². The highest BCUT2D eigenvalue weighted by Gasteiger charge is 2.43. The fourth-order valence-electron chi connectivity index (χ4n) is 3.38. The minimum atomic E-state index is 0.422. The summed E-state index contributed by atoms with van der Waals surface area (Å²) < 4.78 is 0. The van der Waals surface area contributed by atoms with E-state index in [1.54, 1.807) is 5.57 Å². The number of hydrogen-bond donors (Lipinski definition) is 0. The van der Waals surface area contributed by atoms with E-state index in [2.05, 4.69) is 27.4 Å². The van der Waals surface area contributed by atoms with E-state index in [0.29, 0.717) is 5.41 Å². The van der Waals surface area contributed by atoms with Crippen LogP contribution in [0.15, 0.2) is 12.2 Å². The molecule has 0 spiro atoms. The maximum Gasteiger partial charge on any atom is -0.0144 e. The second kappa shape index (κ2) is 2.87. The Bertz CT molecular complexity index is 224. The van der Waals surface area contributed by atoms with Gasteiger partial charge in [-0.05, 0) is 48.9 Å². The molecule has 2 fully saturated rings. The van der Waals surface area contributed by atoms with E-state index in [1.165, 1.54) is 25.7 Å². The molecule has 3 atom stereocenters. The predicted molar refractivity (Wildman–Crippen MR) is 57.5 cm³/mol. The molecule has 0 N–H and O–H groups in total. The summed E-state index contributed by atoms with van der Waals surface area (Å²) in [6, 6.07) is 0. The molecular weight excluding hydrogens is 156 g/mol. The molecule has 13 heavy (non-hydrogen) atoms. The largest absolute Gasteiger partial charge is 0.0990 e. The highest BCUT2D eigenvalue weighted by Crippen LogP contribution is 2.53. The molecule has 2 rings (SSSR count). The van der Waals surface area contributed by atoms with Crippen LogP contribution in [0.25, 0.3) is 0 Å². The highest BCUT2D eigenvalue weighted by atomic mass is 14.5. The van der Waals surface area contributed by atoms with E-state index in [-0.39, 0.29) is 0 Å². The Morgan fingerprint density at radius 2 is 1.92 bits per heavy atom. The first-order chi connectivity index (χ1) is 6.02. The Labute approximate surface area is 82.4 Å². The van der Waals surface area contributed by atoms with Gasteiger partial charge in [0.2, 0.25) is 0 Å². The molecule has 0 aromatic rings. The van der Waals surface area contributed by atoms with Crippen molar-refractivity contribution in [1.29, 1.82) is 0 Å². The Balaban J connectivity index is 2.20. The lowest BCUT2D eigenvalue weighted by Gasteiger charge is -2.41. The third-order valence-electron chi connectivity index (χ3n) is 4.60. The van der Waals surface area contributed by atoms with Crippen molar-refractivity contribution in [2.75, 3.05) is 0 Å². The molecule has 0 aromatic carbocycles. The van der Waals surface area contributed by atoms with Crippen LogP contribution in [0.4, 0.5) is 0 Å². The molecule has 2 aliphatic carbocycles. The van der Waals surface area contributed by atoms with Gasteiger partial charge in [0, 0.05) is 0 Å². The Hall–Kier alpha value is -0.260. The van der Waals surface area contributed by atoms with E-state index in [4.69, 9.17) is 0 Å². The molecule has 0 aliphatic heterocycles. The van der Waals surface area contributed by atoms with Crippen molar-refractivity contribution in [1.82, 2.24) is 0 Å². The number of allylic oxidation sites excluding steroid dienone is 1. The van der Waals surface area contributed by atoms with Crippen LogP contribution in [0.2, 0.25) is 0 Å². The summed E-state index contributed by atoms with van der Waals surface area (Å²) in [4.78, 5) is 0. The lowest BCUT2D eigenvalue weighted by Crippen LogP contribution is -2.31. The summed E-state index contributed by atoms with van der Waals surface area (Å²) in [7, 11) is 0. The van der Waals surface area contributed by atoms with Crippen LogP contribution >= 0.6 is 0 Å². The monoisotopic (exact) mass is 178 g/mol. The van der Waals surface area contributed by atoms with Crippen molar-refractivity contribution in [2.45, 2.75) is 46.5 Å². The van der Waals surface area contributed by atoms with Crippen LogP contribution in [-0.4, -0.2) is 0 Å². The summed E-state index contributed by atoms with van der Waals surface area (Å²) in [6.45, 7) is 11.5. The van der Waals surface area contributed by atoms with E-state index >= 15 is 0 Å². The average Bonchev–Trinajstić information content (AvgIpc) is 2.41. The van der Waals surface area contributed by atoms with E-state index in [0.717, 1.165) is 17.8 Å². The van der Waals surface area contributed by atoms with Crippen molar-refractivity contribution in [3.63, 3.8) is 0 Å². The lowest BCUT2D eigenvalue weighted by atomic mass is 9.64. The highest BCUT2D eigenvalue weighted by molar-refractivity contribution is 5.18. The van der Waals surface area contributed by atoms with Gasteiger partial charge in [-0.2, -0.15) is 0 Å². The molecule has 0 saturated heterocycles. The molecule has 2 saturated carbocycles. The van der Waals surface area contributed by atoms with Gasteiger partial charge >= 0.3 is 0 Å². The lowest BCUT2D eigenvalue weighted by molar-refractivity contribution is 0.201. The molecule has 2 aliphatic rings. The van der Waals surface area contributed by atoms with Crippen LogP contribution in [0, 0.1) is 23.2 Å². The van der Waals surface area contributed by atoms with E-state index in [9.17, 15) is 0 Å². The maximum absolute atomic E-state index is 4.34. The van der Waals surface area contributed by atoms with Gasteiger partial charge < -0.3 is 0 Å². The summed E-state index contributed by atoms with van der Waals surface area (Å²) >= 11 is 0. The van der Waals surface area contributed by atoms with Gasteiger partial charge in [0.1, 0.15) is 0 Å². The molecular formula is C13H22. The standard InChI is InChI=1S/C13H22/c1-9-5-6-12-10(2)13(3,4)8-7-11(9)12/h9,11-12H,2,5-8H2,1,3-4H3. The second-order valence-corrected chi connectivity index (χ2v) is 5.77. The molecule has 0 heterocycles. The van der Waals surface area contributed by atoms with Crippen LogP contribution in [0.3, 0.4) is 0 Å². The Morgan fingerprint density at radius 3 is 2.62 bits per heavy atom. The minimum absolute atomic E-state index is 0.422. The van der Waals surface area contributed by atoms with E-state index in [1.807, 2.05) is 0 Å². The quantitative estimate of drug-likeness (QED) is 0.491. The smallest absolute Gasteiger partial charge is 0.0144 e. The molecule has 0 aromatic heterocycles. The zero-order valence-electron chi connectivity index (χ0n) is 9.27. The second-order valence-electron chi connectivity index (χ2n) is 5.77. The predicted octanol–water partition coefficient (Wildman–Crippen LogP) is 4.02. The molecule has 3 unspecified atom stereocenters. The van der Waals surface area contributed by atoms with Crippen molar-refractivity contribution in [3.05, 3.63) is 12.2 Å². The molecule has 0 radical (unpaired) electrons. The minimum Gasteiger partial charge on any atom is -0.0990 e.